The molecule has 0 aliphatic carbocycles. The quantitative estimate of drug-likeness (QED) is 0.0955. The SMILES string of the molecule is CCCCCCCCCCC=CCCCCCCCC(OCC)(OCC)OCC. The van der Waals surface area contributed by atoms with E-state index in [4.69, 9.17) is 14.2 Å². The first-order valence-corrected chi connectivity index (χ1v) is 12.8. The van der Waals surface area contributed by atoms with Crippen LogP contribution in [0.15, 0.2) is 12.2 Å². The van der Waals surface area contributed by atoms with E-state index in [9.17, 15) is 0 Å². The second-order valence-corrected chi connectivity index (χ2v) is 8.02. The molecule has 0 N–H and O–H groups in total. The minimum Gasteiger partial charge on any atom is -0.328 e. The lowest BCUT2D eigenvalue weighted by atomic mass is 10.1. The van der Waals surface area contributed by atoms with Gasteiger partial charge in [-0.25, -0.2) is 0 Å². The first kappa shape index (κ1) is 28.6. The molecule has 0 heterocycles. The van der Waals surface area contributed by atoms with E-state index in [-0.39, 0.29) is 0 Å². The summed E-state index contributed by atoms with van der Waals surface area (Å²) in [5.41, 5.74) is 0. The van der Waals surface area contributed by atoms with Gasteiger partial charge in [0.1, 0.15) is 0 Å². The molecule has 0 atom stereocenters. The van der Waals surface area contributed by atoms with Crippen molar-refractivity contribution in [3.8, 4) is 0 Å². The average molecular weight is 413 g/mol. The van der Waals surface area contributed by atoms with Crippen LogP contribution in [-0.2, 0) is 14.2 Å². The van der Waals surface area contributed by atoms with Crippen molar-refractivity contribution in [3.05, 3.63) is 12.2 Å². The Morgan fingerprint density at radius 2 is 0.862 bits per heavy atom. The van der Waals surface area contributed by atoms with Crippen molar-refractivity contribution in [1.82, 2.24) is 0 Å². The van der Waals surface area contributed by atoms with E-state index < -0.39 is 5.97 Å². The second kappa shape index (κ2) is 22.3. The lowest BCUT2D eigenvalue weighted by Gasteiger charge is -2.32. The van der Waals surface area contributed by atoms with Gasteiger partial charge in [-0.05, 0) is 52.9 Å². The van der Waals surface area contributed by atoms with Gasteiger partial charge >= 0.3 is 0 Å². The van der Waals surface area contributed by atoms with Gasteiger partial charge in [0.25, 0.3) is 5.97 Å². The van der Waals surface area contributed by atoms with Crippen LogP contribution in [0.2, 0.25) is 0 Å². The Bertz CT molecular complexity index is 324. The van der Waals surface area contributed by atoms with E-state index in [1.165, 1.54) is 89.9 Å². The first-order valence-electron chi connectivity index (χ1n) is 12.8. The zero-order chi connectivity index (χ0) is 21.5. The van der Waals surface area contributed by atoms with Crippen LogP contribution in [0.25, 0.3) is 0 Å². The first-order chi connectivity index (χ1) is 14.2. The van der Waals surface area contributed by atoms with E-state index in [1.807, 2.05) is 20.8 Å². The van der Waals surface area contributed by atoms with E-state index in [0.29, 0.717) is 19.8 Å². The summed E-state index contributed by atoms with van der Waals surface area (Å²) in [7, 11) is 0. The Morgan fingerprint density at radius 3 is 1.28 bits per heavy atom. The van der Waals surface area contributed by atoms with Gasteiger partial charge in [0, 0.05) is 26.2 Å². The van der Waals surface area contributed by atoms with Crippen molar-refractivity contribution in [3.63, 3.8) is 0 Å². The molecule has 0 amide bonds. The van der Waals surface area contributed by atoms with Gasteiger partial charge in [-0.2, -0.15) is 0 Å². The van der Waals surface area contributed by atoms with E-state index in [0.717, 1.165) is 12.8 Å². The molecule has 0 aromatic heterocycles. The summed E-state index contributed by atoms with van der Waals surface area (Å²) in [6.07, 6.45) is 25.6. The number of allylic oxidation sites excluding steroid dienone is 2. The van der Waals surface area contributed by atoms with Crippen molar-refractivity contribution in [2.75, 3.05) is 19.8 Å². The molecule has 0 aliphatic rings. The van der Waals surface area contributed by atoms with Crippen LogP contribution in [-0.4, -0.2) is 25.8 Å². The molecule has 29 heavy (non-hydrogen) atoms. The smallest absolute Gasteiger partial charge is 0.282 e. The maximum atomic E-state index is 5.79. The largest absolute Gasteiger partial charge is 0.328 e. The monoisotopic (exact) mass is 412 g/mol. The summed E-state index contributed by atoms with van der Waals surface area (Å²) in [6, 6.07) is 0. The Labute approximate surface area is 183 Å². The summed E-state index contributed by atoms with van der Waals surface area (Å²) in [5, 5.41) is 0. The fraction of sp³-hybridized carbons (Fsp3) is 0.923. The van der Waals surface area contributed by atoms with E-state index in [2.05, 4.69) is 19.1 Å². The number of hydrogen-bond acceptors (Lipinski definition) is 3. The molecule has 0 aliphatic heterocycles. The normalized spacial score (nSPS) is 12.3. The lowest BCUT2D eigenvalue weighted by molar-refractivity contribution is -0.380. The Balaban J connectivity index is 3.54. The number of ether oxygens (including phenoxy) is 3. The zero-order valence-electron chi connectivity index (χ0n) is 20.3. The molecule has 3 heteroatoms. The number of hydrogen-bond donors (Lipinski definition) is 0. The van der Waals surface area contributed by atoms with Gasteiger partial charge in [-0.15, -0.1) is 0 Å². The fourth-order valence-electron chi connectivity index (χ4n) is 3.77. The highest BCUT2D eigenvalue weighted by Gasteiger charge is 2.31. The van der Waals surface area contributed by atoms with Crippen molar-refractivity contribution in [1.29, 1.82) is 0 Å². The molecule has 0 unspecified atom stereocenters. The van der Waals surface area contributed by atoms with Crippen LogP contribution < -0.4 is 0 Å². The predicted molar refractivity (Wildman–Crippen MR) is 126 cm³/mol. The van der Waals surface area contributed by atoms with Gasteiger partial charge in [-0.3, -0.25) is 0 Å². The van der Waals surface area contributed by atoms with Crippen LogP contribution in [0.1, 0.15) is 130 Å². The minimum absolute atomic E-state index is 0.616. The molecule has 0 fully saturated rings. The lowest BCUT2D eigenvalue weighted by Crippen LogP contribution is -2.39. The molecule has 174 valence electrons. The Hall–Kier alpha value is -0.380. The molecule has 0 bridgehead atoms. The van der Waals surface area contributed by atoms with Gasteiger partial charge in [-0.1, -0.05) is 83.3 Å². The molecule has 0 aromatic carbocycles. The predicted octanol–water partition coefficient (Wildman–Crippen LogP) is 8.57. The van der Waals surface area contributed by atoms with Crippen LogP contribution in [0.3, 0.4) is 0 Å². The van der Waals surface area contributed by atoms with Gasteiger partial charge < -0.3 is 14.2 Å². The highest BCUT2D eigenvalue weighted by Crippen LogP contribution is 2.24. The molecular weight excluding hydrogens is 360 g/mol. The number of rotatable bonds is 23. The summed E-state index contributed by atoms with van der Waals surface area (Å²) in [6.45, 7) is 10.1. The van der Waals surface area contributed by atoms with Gasteiger partial charge in [0.2, 0.25) is 0 Å². The molecule has 3 nitrogen and oxygen atoms in total. The van der Waals surface area contributed by atoms with E-state index >= 15 is 0 Å². The third-order valence-electron chi connectivity index (χ3n) is 5.34. The molecule has 0 rings (SSSR count). The average Bonchev–Trinajstić information content (AvgIpc) is 2.71. The Kier molecular flexibility index (Phi) is 22.0. The standard InChI is InChI=1S/C26H52O3/c1-5-9-10-11-12-13-14-15-16-17-18-19-20-21-22-23-24-25-26(27-6-2,28-7-3)29-8-4/h17-18H,5-16,19-25H2,1-4H3. The molecule has 0 radical (unpaired) electrons. The third-order valence-corrected chi connectivity index (χ3v) is 5.34. The molecule has 0 aromatic rings. The van der Waals surface area contributed by atoms with Crippen molar-refractivity contribution in [2.24, 2.45) is 0 Å². The third kappa shape index (κ3) is 18.1. The summed E-state index contributed by atoms with van der Waals surface area (Å²) in [5.74, 6) is -0.823. The molecule has 0 saturated heterocycles. The highest BCUT2D eigenvalue weighted by atomic mass is 16.9. The van der Waals surface area contributed by atoms with Crippen molar-refractivity contribution < 1.29 is 14.2 Å². The summed E-state index contributed by atoms with van der Waals surface area (Å²) >= 11 is 0. The maximum absolute atomic E-state index is 5.79. The van der Waals surface area contributed by atoms with Gasteiger partial charge in [0.05, 0.1) is 0 Å². The van der Waals surface area contributed by atoms with Crippen LogP contribution in [0, 0.1) is 0 Å². The second-order valence-electron chi connectivity index (χ2n) is 8.02. The van der Waals surface area contributed by atoms with Crippen LogP contribution in [0.4, 0.5) is 0 Å². The molecular formula is C26H52O3. The molecule has 0 spiro atoms. The van der Waals surface area contributed by atoms with Gasteiger partial charge in [0.15, 0.2) is 0 Å². The molecule has 0 saturated carbocycles. The van der Waals surface area contributed by atoms with E-state index in [1.54, 1.807) is 0 Å². The maximum Gasteiger partial charge on any atom is 0.282 e. The van der Waals surface area contributed by atoms with Crippen LogP contribution >= 0.6 is 0 Å². The topological polar surface area (TPSA) is 27.7 Å². The van der Waals surface area contributed by atoms with Crippen LogP contribution in [0.5, 0.6) is 0 Å². The Morgan fingerprint density at radius 1 is 0.483 bits per heavy atom. The number of unbranched alkanes of at least 4 members (excludes halogenated alkanes) is 13. The van der Waals surface area contributed by atoms with Crippen molar-refractivity contribution >= 4 is 0 Å². The minimum atomic E-state index is -0.823. The fourth-order valence-corrected chi connectivity index (χ4v) is 3.77. The zero-order valence-corrected chi connectivity index (χ0v) is 20.3. The summed E-state index contributed by atoms with van der Waals surface area (Å²) in [4.78, 5) is 0. The summed E-state index contributed by atoms with van der Waals surface area (Å²) < 4.78 is 17.4. The highest BCUT2D eigenvalue weighted by molar-refractivity contribution is 4.81. The van der Waals surface area contributed by atoms with Crippen molar-refractivity contribution in [2.45, 2.75) is 136 Å².